The SMILES string of the molecule is CC1(C(=O)O)CCCN1Cc1cncc2ccccc12. The third-order valence-corrected chi connectivity index (χ3v) is 4.36. The number of fused-ring (bicyclic) bond motifs is 1. The summed E-state index contributed by atoms with van der Waals surface area (Å²) in [5, 5.41) is 11.7. The van der Waals surface area contributed by atoms with E-state index in [2.05, 4.69) is 16.0 Å². The highest BCUT2D eigenvalue weighted by Gasteiger charge is 2.43. The lowest BCUT2D eigenvalue weighted by atomic mass is 9.98. The number of hydrogen-bond acceptors (Lipinski definition) is 3. The predicted octanol–water partition coefficient (Wildman–Crippen LogP) is 2.67. The Labute approximate surface area is 118 Å². The van der Waals surface area contributed by atoms with Gasteiger partial charge in [0, 0.05) is 24.3 Å². The van der Waals surface area contributed by atoms with Gasteiger partial charge in [0.1, 0.15) is 5.54 Å². The van der Waals surface area contributed by atoms with Gasteiger partial charge in [0.25, 0.3) is 0 Å². The predicted molar refractivity (Wildman–Crippen MR) is 77.4 cm³/mol. The van der Waals surface area contributed by atoms with E-state index in [4.69, 9.17) is 0 Å². The van der Waals surface area contributed by atoms with Crippen molar-refractivity contribution in [2.24, 2.45) is 0 Å². The first-order valence-corrected chi connectivity index (χ1v) is 6.91. The summed E-state index contributed by atoms with van der Waals surface area (Å²) in [7, 11) is 0. The molecule has 1 aliphatic rings. The first-order chi connectivity index (χ1) is 9.61. The van der Waals surface area contributed by atoms with Crippen molar-refractivity contribution in [2.75, 3.05) is 6.54 Å². The number of aliphatic carboxylic acids is 1. The fourth-order valence-corrected chi connectivity index (χ4v) is 3.03. The van der Waals surface area contributed by atoms with Crippen molar-refractivity contribution in [1.29, 1.82) is 0 Å². The highest BCUT2D eigenvalue weighted by Crippen LogP contribution is 2.31. The Hall–Kier alpha value is -1.94. The van der Waals surface area contributed by atoms with Gasteiger partial charge in [0.05, 0.1) is 0 Å². The molecule has 1 unspecified atom stereocenters. The number of carbonyl (C=O) groups is 1. The summed E-state index contributed by atoms with van der Waals surface area (Å²) >= 11 is 0. The molecule has 1 saturated heterocycles. The second-order valence-electron chi connectivity index (χ2n) is 5.62. The van der Waals surface area contributed by atoms with Gasteiger partial charge in [0.15, 0.2) is 0 Å². The van der Waals surface area contributed by atoms with Crippen molar-refractivity contribution in [3.05, 3.63) is 42.2 Å². The molecule has 4 heteroatoms. The van der Waals surface area contributed by atoms with Crippen LogP contribution in [0.5, 0.6) is 0 Å². The highest BCUT2D eigenvalue weighted by atomic mass is 16.4. The van der Waals surface area contributed by atoms with Gasteiger partial charge < -0.3 is 5.11 Å². The molecule has 0 saturated carbocycles. The lowest BCUT2D eigenvalue weighted by Crippen LogP contribution is -2.47. The van der Waals surface area contributed by atoms with E-state index in [-0.39, 0.29) is 0 Å². The number of carboxylic acids is 1. The van der Waals surface area contributed by atoms with E-state index in [1.165, 1.54) is 0 Å². The monoisotopic (exact) mass is 270 g/mol. The standard InChI is InChI=1S/C16H18N2O2/c1-16(15(19)20)7-4-8-18(16)11-13-10-17-9-12-5-2-3-6-14(12)13/h2-3,5-6,9-10H,4,7-8,11H2,1H3,(H,19,20). The minimum absolute atomic E-state index is 0.636. The summed E-state index contributed by atoms with van der Waals surface area (Å²) in [5.41, 5.74) is 0.342. The molecular formula is C16H18N2O2. The molecule has 1 fully saturated rings. The number of likely N-dealkylation sites (tertiary alicyclic amines) is 1. The van der Waals surface area contributed by atoms with Crippen molar-refractivity contribution in [3.8, 4) is 0 Å². The van der Waals surface area contributed by atoms with Crippen molar-refractivity contribution in [3.63, 3.8) is 0 Å². The molecule has 1 aromatic heterocycles. The molecule has 2 aromatic rings. The Morgan fingerprint density at radius 2 is 2.20 bits per heavy atom. The molecule has 104 valence electrons. The average Bonchev–Trinajstić information content (AvgIpc) is 2.82. The molecule has 1 aliphatic heterocycles. The van der Waals surface area contributed by atoms with Gasteiger partial charge in [-0.2, -0.15) is 0 Å². The van der Waals surface area contributed by atoms with E-state index in [0.29, 0.717) is 13.0 Å². The quantitative estimate of drug-likeness (QED) is 0.931. The smallest absolute Gasteiger partial charge is 0.323 e. The normalized spacial score (nSPS) is 23.2. The average molecular weight is 270 g/mol. The third-order valence-electron chi connectivity index (χ3n) is 4.36. The van der Waals surface area contributed by atoms with Gasteiger partial charge in [-0.3, -0.25) is 14.7 Å². The maximum Gasteiger partial charge on any atom is 0.323 e. The summed E-state index contributed by atoms with van der Waals surface area (Å²) < 4.78 is 0. The number of aromatic nitrogens is 1. The molecule has 0 radical (unpaired) electrons. The molecular weight excluding hydrogens is 252 g/mol. The van der Waals surface area contributed by atoms with Gasteiger partial charge in [-0.15, -0.1) is 0 Å². The van der Waals surface area contributed by atoms with Crippen LogP contribution in [0, 0.1) is 0 Å². The van der Waals surface area contributed by atoms with E-state index >= 15 is 0 Å². The van der Waals surface area contributed by atoms with E-state index in [1.807, 2.05) is 37.5 Å². The Balaban J connectivity index is 1.96. The fraction of sp³-hybridized carbons (Fsp3) is 0.375. The number of hydrogen-bond donors (Lipinski definition) is 1. The second kappa shape index (κ2) is 4.87. The maximum atomic E-state index is 11.5. The van der Waals surface area contributed by atoms with Crippen LogP contribution in [0.2, 0.25) is 0 Å². The first-order valence-electron chi connectivity index (χ1n) is 6.91. The van der Waals surface area contributed by atoms with Crippen LogP contribution in [-0.2, 0) is 11.3 Å². The summed E-state index contributed by atoms with van der Waals surface area (Å²) in [4.78, 5) is 17.9. The summed E-state index contributed by atoms with van der Waals surface area (Å²) in [5.74, 6) is -0.733. The molecule has 0 amide bonds. The summed E-state index contributed by atoms with van der Waals surface area (Å²) in [6, 6.07) is 8.10. The van der Waals surface area contributed by atoms with E-state index in [0.717, 1.165) is 29.3 Å². The number of pyridine rings is 1. The van der Waals surface area contributed by atoms with Crippen LogP contribution in [0.3, 0.4) is 0 Å². The number of carboxylic acid groups (broad SMARTS) is 1. The molecule has 2 heterocycles. The molecule has 20 heavy (non-hydrogen) atoms. The van der Waals surface area contributed by atoms with E-state index in [9.17, 15) is 9.90 Å². The van der Waals surface area contributed by atoms with Gasteiger partial charge in [-0.05, 0) is 37.3 Å². The topological polar surface area (TPSA) is 53.4 Å². The third kappa shape index (κ3) is 2.06. The Kier molecular flexibility index (Phi) is 3.18. The van der Waals surface area contributed by atoms with Crippen molar-refractivity contribution in [2.45, 2.75) is 31.8 Å². The zero-order chi connectivity index (χ0) is 14.2. The lowest BCUT2D eigenvalue weighted by Gasteiger charge is -2.31. The lowest BCUT2D eigenvalue weighted by molar-refractivity contribution is -0.148. The largest absolute Gasteiger partial charge is 0.480 e. The zero-order valence-corrected chi connectivity index (χ0v) is 11.5. The molecule has 0 aliphatic carbocycles. The zero-order valence-electron chi connectivity index (χ0n) is 11.5. The van der Waals surface area contributed by atoms with E-state index < -0.39 is 11.5 Å². The molecule has 1 atom stereocenters. The van der Waals surface area contributed by atoms with Crippen LogP contribution in [0.15, 0.2) is 36.7 Å². The van der Waals surface area contributed by atoms with Crippen molar-refractivity contribution < 1.29 is 9.90 Å². The Morgan fingerprint density at radius 1 is 1.40 bits per heavy atom. The number of benzene rings is 1. The fourth-order valence-electron chi connectivity index (χ4n) is 3.03. The van der Waals surface area contributed by atoms with Crippen molar-refractivity contribution >= 4 is 16.7 Å². The van der Waals surface area contributed by atoms with Crippen LogP contribution in [0.1, 0.15) is 25.3 Å². The Bertz CT molecular complexity index is 650. The van der Waals surface area contributed by atoms with Gasteiger partial charge in [-0.1, -0.05) is 24.3 Å². The molecule has 1 aromatic carbocycles. The molecule has 0 spiro atoms. The summed E-state index contributed by atoms with van der Waals surface area (Å²) in [6.45, 7) is 3.28. The van der Waals surface area contributed by atoms with Gasteiger partial charge >= 0.3 is 5.97 Å². The molecule has 0 bridgehead atoms. The molecule has 4 nitrogen and oxygen atoms in total. The number of rotatable bonds is 3. The van der Waals surface area contributed by atoms with Gasteiger partial charge in [-0.25, -0.2) is 0 Å². The van der Waals surface area contributed by atoms with Gasteiger partial charge in [0.2, 0.25) is 0 Å². The van der Waals surface area contributed by atoms with Crippen LogP contribution in [-0.4, -0.2) is 33.0 Å². The molecule has 3 rings (SSSR count). The molecule has 1 N–H and O–H groups in total. The first kappa shape index (κ1) is 13.1. The van der Waals surface area contributed by atoms with Crippen LogP contribution in [0.25, 0.3) is 10.8 Å². The van der Waals surface area contributed by atoms with E-state index in [1.54, 1.807) is 0 Å². The second-order valence-corrected chi connectivity index (χ2v) is 5.62. The van der Waals surface area contributed by atoms with Crippen LogP contribution in [0.4, 0.5) is 0 Å². The number of nitrogens with zero attached hydrogens (tertiary/aromatic N) is 2. The maximum absolute atomic E-state index is 11.5. The Morgan fingerprint density at radius 3 is 3.00 bits per heavy atom. The minimum Gasteiger partial charge on any atom is -0.480 e. The minimum atomic E-state index is -0.753. The van der Waals surface area contributed by atoms with Crippen molar-refractivity contribution in [1.82, 2.24) is 9.88 Å². The highest BCUT2D eigenvalue weighted by molar-refractivity contribution is 5.84. The van der Waals surface area contributed by atoms with Crippen LogP contribution >= 0.6 is 0 Å². The van der Waals surface area contributed by atoms with Crippen LogP contribution < -0.4 is 0 Å². The summed E-state index contributed by atoms with van der Waals surface area (Å²) in [6.07, 6.45) is 5.34.